The number of likely N-dealkylation sites (tertiary alicyclic amines) is 1. The fraction of sp³-hybridized carbons (Fsp3) is 0.588. The van der Waals surface area contributed by atoms with Crippen molar-refractivity contribution in [3.8, 4) is 0 Å². The summed E-state index contributed by atoms with van der Waals surface area (Å²) in [6.45, 7) is 5.12. The Morgan fingerprint density at radius 3 is 2.80 bits per heavy atom. The van der Waals surface area contributed by atoms with Crippen LogP contribution in [0.4, 0.5) is 5.69 Å². The molecule has 20 heavy (non-hydrogen) atoms. The predicted molar refractivity (Wildman–Crippen MR) is 83.9 cm³/mol. The Bertz CT molecular complexity index is 468. The summed E-state index contributed by atoms with van der Waals surface area (Å²) in [4.78, 5) is 16.6. The lowest BCUT2D eigenvalue weighted by Gasteiger charge is -2.27. The van der Waals surface area contributed by atoms with E-state index < -0.39 is 0 Å². The van der Waals surface area contributed by atoms with Crippen LogP contribution in [0.3, 0.4) is 0 Å². The van der Waals surface area contributed by atoms with Gasteiger partial charge in [-0.05, 0) is 36.5 Å². The van der Waals surface area contributed by atoms with E-state index in [1.165, 1.54) is 11.3 Å². The molecule has 110 valence electrons. The molecule has 0 saturated carbocycles. The lowest BCUT2D eigenvalue weighted by Crippen LogP contribution is -2.31. The maximum Gasteiger partial charge on any atom is 0.223 e. The highest BCUT2D eigenvalue weighted by Crippen LogP contribution is 2.34. The van der Waals surface area contributed by atoms with Crippen LogP contribution in [0.5, 0.6) is 0 Å². The second-order valence-electron chi connectivity index (χ2n) is 6.33. The number of nitrogens with zero attached hydrogens (tertiary/aromatic N) is 2. The number of rotatable bonds is 4. The van der Waals surface area contributed by atoms with E-state index in [0.717, 1.165) is 19.4 Å². The van der Waals surface area contributed by atoms with Crippen molar-refractivity contribution in [3.63, 3.8) is 0 Å². The second kappa shape index (κ2) is 6.29. The lowest BCUT2D eigenvalue weighted by molar-refractivity contribution is -0.132. The summed E-state index contributed by atoms with van der Waals surface area (Å²) in [6.07, 6.45) is 2.85. The number of hydrogen-bond acceptors (Lipinski definition) is 2. The van der Waals surface area contributed by atoms with Gasteiger partial charge in [0.15, 0.2) is 0 Å². The molecule has 0 aliphatic carbocycles. The Morgan fingerprint density at radius 2 is 2.15 bits per heavy atom. The molecule has 1 aromatic carbocycles. The van der Waals surface area contributed by atoms with Crippen LogP contribution in [0.1, 0.15) is 44.7 Å². The molecule has 0 N–H and O–H groups in total. The molecule has 0 aromatic heterocycles. The van der Waals surface area contributed by atoms with Crippen LogP contribution in [0.2, 0.25) is 0 Å². The van der Waals surface area contributed by atoms with Crippen LogP contribution < -0.4 is 4.90 Å². The zero-order valence-electron chi connectivity index (χ0n) is 13.1. The van der Waals surface area contributed by atoms with Crippen molar-refractivity contribution in [2.75, 3.05) is 25.5 Å². The smallest absolute Gasteiger partial charge is 0.223 e. The standard InChI is InChI=1S/C17H26N2O/c1-13(2)11-17(20)19-10-6-9-16(19)14-7-5-8-15(12-14)18(3)4/h5,7-8,12-13,16H,6,9-11H2,1-4H3. The molecule has 1 fully saturated rings. The van der Waals surface area contributed by atoms with Gasteiger partial charge in [0.1, 0.15) is 0 Å². The minimum Gasteiger partial charge on any atom is -0.378 e. The van der Waals surface area contributed by atoms with E-state index >= 15 is 0 Å². The Balaban J connectivity index is 2.18. The molecule has 0 bridgehead atoms. The van der Waals surface area contributed by atoms with Gasteiger partial charge in [-0.15, -0.1) is 0 Å². The fourth-order valence-corrected chi connectivity index (χ4v) is 2.89. The fourth-order valence-electron chi connectivity index (χ4n) is 2.89. The third-order valence-electron chi connectivity index (χ3n) is 3.93. The van der Waals surface area contributed by atoms with Crippen molar-refractivity contribution in [2.45, 2.75) is 39.2 Å². The molecule has 1 amide bonds. The quantitative estimate of drug-likeness (QED) is 0.839. The maximum atomic E-state index is 12.4. The van der Waals surface area contributed by atoms with Gasteiger partial charge in [0.2, 0.25) is 5.91 Å². The first-order valence-electron chi connectivity index (χ1n) is 7.55. The average molecular weight is 274 g/mol. The Hall–Kier alpha value is -1.51. The molecule has 3 heteroatoms. The van der Waals surface area contributed by atoms with Crippen LogP contribution >= 0.6 is 0 Å². The van der Waals surface area contributed by atoms with Gasteiger partial charge >= 0.3 is 0 Å². The number of amides is 1. The van der Waals surface area contributed by atoms with Crippen molar-refractivity contribution in [1.29, 1.82) is 0 Å². The topological polar surface area (TPSA) is 23.6 Å². The third-order valence-corrected chi connectivity index (χ3v) is 3.93. The van der Waals surface area contributed by atoms with Gasteiger partial charge in [0.25, 0.3) is 0 Å². The number of anilines is 1. The van der Waals surface area contributed by atoms with Gasteiger partial charge < -0.3 is 9.80 Å². The van der Waals surface area contributed by atoms with E-state index in [1.54, 1.807) is 0 Å². The van der Waals surface area contributed by atoms with Crippen molar-refractivity contribution >= 4 is 11.6 Å². The van der Waals surface area contributed by atoms with Gasteiger partial charge in [-0.2, -0.15) is 0 Å². The van der Waals surface area contributed by atoms with Crippen LogP contribution in [0, 0.1) is 5.92 Å². The Kier molecular flexibility index (Phi) is 4.69. The van der Waals surface area contributed by atoms with Gasteiger partial charge in [-0.25, -0.2) is 0 Å². The summed E-state index contributed by atoms with van der Waals surface area (Å²) in [6, 6.07) is 8.83. The van der Waals surface area contributed by atoms with Gasteiger partial charge in [0, 0.05) is 32.7 Å². The Labute approximate surface area is 122 Å². The van der Waals surface area contributed by atoms with Gasteiger partial charge in [-0.3, -0.25) is 4.79 Å². The number of benzene rings is 1. The van der Waals surface area contributed by atoms with Crippen molar-refractivity contribution in [1.82, 2.24) is 4.90 Å². The molecule has 0 radical (unpaired) electrons. The predicted octanol–water partition coefficient (Wildman–Crippen LogP) is 3.46. The first-order valence-corrected chi connectivity index (χ1v) is 7.55. The van der Waals surface area contributed by atoms with E-state index in [0.29, 0.717) is 18.2 Å². The summed E-state index contributed by atoms with van der Waals surface area (Å²) in [5.41, 5.74) is 2.47. The first kappa shape index (κ1) is 14.9. The lowest BCUT2D eigenvalue weighted by atomic mass is 10.0. The van der Waals surface area contributed by atoms with E-state index in [2.05, 4.69) is 62.0 Å². The van der Waals surface area contributed by atoms with E-state index in [4.69, 9.17) is 0 Å². The second-order valence-corrected chi connectivity index (χ2v) is 6.33. The summed E-state index contributed by atoms with van der Waals surface area (Å²) in [5, 5.41) is 0. The SMILES string of the molecule is CC(C)CC(=O)N1CCCC1c1cccc(N(C)C)c1. The van der Waals surface area contributed by atoms with E-state index in [-0.39, 0.29) is 6.04 Å². The van der Waals surface area contributed by atoms with Gasteiger partial charge in [-0.1, -0.05) is 26.0 Å². The number of hydrogen-bond donors (Lipinski definition) is 0. The summed E-state index contributed by atoms with van der Waals surface area (Å²) < 4.78 is 0. The Morgan fingerprint density at radius 1 is 1.40 bits per heavy atom. The highest BCUT2D eigenvalue weighted by atomic mass is 16.2. The molecule has 1 unspecified atom stereocenters. The largest absolute Gasteiger partial charge is 0.378 e. The molecule has 1 aliphatic rings. The van der Waals surface area contributed by atoms with Crippen molar-refractivity contribution in [3.05, 3.63) is 29.8 Å². The summed E-state index contributed by atoms with van der Waals surface area (Å²) in [5.74, 6) is 0.731. The van der Waals surface area contributed by atoms with E-state index in [1.807, 2.05) is 0 Å². The van der Waals surface area contributed by atoms with E-state index in [9.17, 15) is 4.79 Å². The molecular formula is C17H26N2O. The highest BCUT2D eigenvalue weighted by molar-refractivity contribution is 5.77. The average Bonchev–Trinajstić information content (AvgIpc) is 2.87. The monoisotopic (exact) mass is 274 g/mol. The maximum absolute atomic E-state index is 12.4. The minimum absolute atomic E-state index is 0.265. The molecule has 1 aromatic rings. The summed E-state index contributed by atoms with van der Waals surface area (Å²) >= 11 is 0. The number of carbonyl (C=O) groups is 1. The zero-order valence-corrected chi connectivity index (χ0v) is 13.1. The minimum atomic E-state index is 0.265. The molecule has 1 heterocycles. The molecular weight excluding hydrogens is 248 g/mol. The number of carbonyl (C=O) groups excluding carboxylic acids is 1. The van der Waals surface area contributed by atoms with Crippen LogP contribution in [-0.4, -0.2) is 31.4 Å². The molecule has 1 saturated heterocycles. The molecule has 2 rings (SSSR count). The molecule has 0 spiro atoms. The van der Waals surface area contributed by atoms with Gasteiger partial charge in [0.05, 0.1) is 6.04 Å². The molecule has 1 atom stereocenters. The zero-order chi connectivity index (χ0) is 14.7. The van der Waals surface area contributed by atoms with Crippen LogP contribution in [0.15, 0.2) is 24.3 Å². The van der Waals surface area contributed by atoms with Crippen molar-refractivity contribution < 1.29 is 4.79 Å². The highest BCUT2D eigenvalue weighted by Gasteiger charge is 2.30. The molecule has 3 nitrogen and oxygen atoms in total. The van der Waals surface area contributed by atoms with Crippen molar-refractivity contribution in [2.24, 2.45) is 5.92 Å². The normalized spacial score (nSPS) is 18.6. The third kappa shape index (κ3) is 3.33. The summed E-state index contributed by atoms with van der Waals surface area (Å²) in [7, 11) is 4.10. The first-order chi connectivity index (χ1) is 9.49. The van der Waals surface area contributed by atoms with Crippen LogP contribution in [-0.2, 0) is 4.79 Å². The molecule has 1 aliphatic heterocycles. The van der Waals surface area contributed by atoms with Crippen LogP contribution in [0.25, 0.3) is 0 Å².